The monoisotopic (exact) mass is 264 g/mol. The highest BCUT2D eigenvalue weighted by Gasteiger charge is 2.04. The van der Waals surface area contributed by atoms with Gasteiger partial charge in [0.25, 0.3) is 0 Å². The number of aromatic nitrogens is 1. The van der Waals surface area contributed by atoms with Crippen molar-refractivity contribution in [3.63, 3.8) is 0 Å². The molecule has 0 atom stereocenters. The number of hydrogen-bond acceptors (Lipinski definition) is 2. The first kappa shape index (κ1) is 12.2. The Labute approximate surface area is 115 Å². The lowest BCUT2D eigenvalue weighted by Gasteiger charge is -2.02. The first-order valence-electron chi connectivity index (χ1n) is 6.22. The molecular weight excluding hydrogens is 252 g/mol. The first-order valence-corrected chi connectivity index (χ1v) is 6.22. The van der Waals surface area contributed by atoms with Crippen molar-refractivity contribution in [3.8, 4) is 11.1 Å². The molecule has 3 rings (SSSR count). The topological polar surface area (TPSA) is 58.9 Å². The van der Waals surface area contributed by atoms with Gasteiger partial charge >= 0.3 is 0 Å². The molecule has 0 saturated carbocycles. The van der Waals surface area contributed by atoms with Crippen molar-refractivity contribution in [2.45, 2.75) is 0 Å². The number of aromatic amines is 1. The molecule has 2 aromatic carbocycles. The second kappa shape index (κ2) is 5.01. The average molecular weight is 264 g/mol. The summed E-state index contributed by atoms with van der Waals surface area (Å²) < 4.78 is 0. The number of benzene rings is 2. The van der Waals surface area contributed by atoms with E-state index in [4.69, 9.17) is 0 Å². The Kier molecular flexibility index (Phi) is 3.05. The Morgan fingerprint density at radius 1 is 1.05 bits per heavy atom. The van der Waals surface area contributed by atoms with Gasteiger partial charge in [0.15, 0.2) is 0 Å². The molecule has 0 aliphatic carbocycles. The van der Waals surface area contributed by atoms with Gasteiger partial charge in [-0.3, -0.25) is 10.1 Å². The Hall–Kier alpha value is -2.88. The van der Waals surface area contributed by atoms with Crippen LogP contribution in [0.5, 0.6) is 0 Å². The summed E-state index contributed by atoms with van der Waals surface area (Å²) in [5, 5.41) is 11.4. The summed E-state index contributed by atoms with van der Waals surface area (Å²) in [6.07, 6.45) is 4.24. The van der Waals surface area contributed by atoms with E-state index in [1.54, 1.807) is 6.20 Å². The normalized spacial score (nSPS) is 11.2. The largest absolute Gasteiger partial charge is 0.361 e. The number of nitro groups is 1. The molecule has 0 amide bonds. The fraction of sp³-hybridized carbons (Fsp3) is 0. The van der Waals surface area contributed by atoms with Crippen LogP contribution < -0.4 is 0 Å². The third-order valence-corrected chi connectivity index (χ3v) is 3.20. The minimum absolute atomic E-state index is 0.458. The summed E-state index contributed by atoms with van der Waals surface area (Å²) in [4.78, 5) is 13.1. The van der Waals surface area contributed by atoms with E-state index in [2.05, 4.69) is 4.98 Å². The number of fused-ring (bicyclic) bond motifs is 1. The van der Waals surface area contributed by atoms with Crippen LogP contribution in [-0.2, 0) is 0 Å². The minimum Gasteiger partial charge on any atom is -0.361 e. The van der Waals surface area contributed by atoms with Crippen LogP contribution in [0.15, 0.2) is 60.9 Å². The molecule has 20 heavy (non-hydrogen) atoms. The molecule has 0 spiro atoms. The van der Waals surface area contributed by atoms with E-state index in [9.17, 15) is 10.1 Å². The molecule has 0 aliphatic rings. The first-order chi connectivity index (χ1) is 9.74. The van der Waals surface area contributed by atoms with Crippen LogP contribution in [0.1, 0.15) is 5.56 Å². The molecule has 98 valence electrons. The van der Waals surface area contributed by atoms with Crippen LogP contribution in [0.2, 0.25) is 0 Å². The van der Waals surface area contributed by atoms with Gasteiger partial charge in [0.05, 0.1) is 4.92 Å². The zero-order valence-corrected chi connectivity index (χ0v) is 10.6. The highest BCUT2D eigenvalue weighted by molar-refractivity contribution is 5.92. The lowest BCUT2D eigenvalue weighted by atomic mass is 10.0. The van der Waals surface area contributed by atoms with Gasteiger partial charge in [-0.05, 0) is 23.3 Å². The predicted octanol–water partition coefficient (Wildman–Crippen LogP) is 4.08. The van der Waals surface area contributed by atoms with Crippen LogP contribution in [0.3, 0.4) is 0 Å². The third kappa shape index (κ3) is 2.31. The van der Waals surface area contributed by atoms with Crippen LogP contribution in [0.25, 0.3) is 28.1 Å². The van der Waals surface area contributed by atoms with Crippen molar-refractivity contribution >= 4 is 17.0 Å². The summed E-state index contributed by atoms with van der Waals surface area (Å²) in [5.41, 5.74) is 4.00. The second-order valence-corrected chi connectivity index (χ2v) is 4.47. The van der Waals surface area contributed by atoms with Gasteiger partial charge in [-0.25, -0.2) is 0 Å². The number of H-pyrrole nitrogens is 1. The van der Waals surface area contributed by atoms with E-state index in [1.165, 1.54) is 6.08 Å². The SMILES string of the molecule is O=[N+]([O-])/C=C/c1c[nH]c2ccc(-c3ccccc3)cc12. The van der Waals surface area contributed by atoms with Gasteiger partial charge in [-0.15, -0.1) is 0 Å². The lowest BCUT2D eigenvalue weighted by molar-refractivity contribution is -0.400. The molecule has 1 heterocycles. The average Bonchev–Trinajstić information content (AvgIpc) is 2.88. The quantitative estimate of drug-likeness (QED) is 0.572. The highest BCUT2D eigenvalue weighted by Crippen LogP contribution is 2.26. The predicted molar refractivity (Wildman–Crippen MR) is 79.8 cm³/mol. The van der Waals surface area contributed by atoms with Crippen molar-refractivity contribution < 1.29 is 4.92 Å². The van der Waals surface area contributed by atoms with E-state index >= 15 is 0 Å². The molecule has 0 radical (unpaired) electrons. The molecule has 0 aliphatic heterocycles. The van der Waals surface area contributed by atoms with E-state index in [-0.39, 0.29) is 0 Å². The molecule has 3 aromatic rings. The van der Waals surface area contributed by atoms with Gasteiger partial charge in [0, 0.05) is 28.7 Å². The Balaban J connectivity index is 2.10. The van der Waals surface area contributed by atoms with Crippen LogP contribution in [-0.4, -0.2) is 9.91 Å². The van der Waals surface area contributed by atoms with Crippen molar-refractivity contribution in [3.05, 3.63) is 76.6 Å². The molecule has 1 N–H and O–H groups in total. The summed E-state index contributed by atoms with van der Waals surface area (Å²) in [6.45, 7) is 0. The smallest absolute Gasteiger partial charge is 0.235 e. The van der Waals surface area contributed by atoms with Gasteiger partial charge in [0.1, 0.15) is 0 Å². The molecular formula is C16H12N2O2. The zero-order chi connectivity index (χ0) is 13.9. The fourth-order valence-electron chi connectivity index (χ4n) is 2.23. The minimum atomic E-state index is -0.458. The van der Waals surface area contributed by atoms with Crippen LogP contribution >= 0.6 is 0 Å². The molecule has 1 aromatic heterocycles. The van der Waals surface area contributed by atoms with E-state index in [1.807, 2.05) is 48.5 Å². The molecule has 4 heteroatoms. The Bertz CT molecular complexity index is 789. The molecule has 0 saturated heterocycles. The summed E-state index contributed by atoms with van der Waals surface area (Å²) >= 11 is 0. The summed E-state index contributed by atoms with van der Waals surface area (Å²) in [7, 11) is 0. The van der Waals surface area contributed by atoms with E-state index in [0.29, 0.717) is 0 Å². The maximum absolute atomic E-state index is 10.4. The maximum Gasteiger partial charge on any atom is 0.235 e. The fourth-order valence-corrected chi connectivity index (χ4v) is 2.23. The molecule has 0 fully saturated rings. The van der Waals surface area contributed by atoms with Crippen LogP contribution in [0, 0.1) is 10.1 Å². The molecule has 4 nitrogen and oxygen atoms in total. The van der Waals surface area contributed by atoms with Crippen LogP contribution in [0.4, 0.5) is 0 Å². The van der Waals surface area contributed by atoms with Crippen molar-refractivity contribution in [1.29, 1.82) is 0 Å². The maximum atomic E-state index is 10.4. The lowest BCUT2D eigenvalue weighted by Crippen LogP contribution is -1.82. The Morgan fingerprint density at radius 3 is 2.60 bits per heavy atom. The summed E-state index contributed by atoms with van der Waals surface area (Å²) in [6, 6.07) is 16.1. The van der Waals surface area contributed by atoms with Crippen molar-refractivity contribution in [2.75, 3.05) is 0 Å². The van der Waals surface area contributed by atoms with E-state index < -0.39 is 4.92 Å². The zero-order valence-electron chi connectivity index (χ0n) is 10.6. The number of nitrogens with zero attached hydrogens (tertiary/aromatic N) is 1. The highest BCUT2D eigenvalue weighted by atomic mass is 16.6. The second-order valence-electron chi connectivity index (χ2n) is 4.47. The number of hydrogen-bond donors (Lipinski definition) is 1. The number of nitrogens with one attached hydrogen (secondary N) is 1. The van der Waals surface area contributed by atoms with Gasteiger partial charge < -0.3 is 4.98 Å². The van der Waals surface area contributed by atoms with E-state index in [0.717, 1.165) is 33.8 Å². The van der Waals surface area contributed by atoms with Gasteiger partial charge in [-0.2, -0.15) is 0 Å². The van der Waals surface area contributed by atoms with Crippen molar-refractivity contribution in [1.82, 2.24) is 4.98 Å². The third-order valence-electron chi connectivity index (χ3n) is 3.20. The van der Waals surface area contributed by atoms with Gasteiger partial charge in [-0.1, -0.05) is 36.4 Å². The molecule has 0 bridgehead atoms. The number of rotatable bonds is 3. The molecule has 0 unspecified atom stereocenters. The standard InChI is InChI=1S/C16H12N2O2/c19-18(20)9-8-14-11-17-16-7-6-13(10-15(14)16)12-4-2-1-3-5-12/h1-11,17H/b9-8+. The van der Waals surface area contributed by atoms with Gasteiger partial charge in [0.2, 0.25) is 6.20 Å². The Morgan fingerprint density at radius 2 is 1.85 bits per heavy atom. The summed E-state index contributed by atoms with van der Waals surface area (Å²) in [5.74, 6) is 0. The van der Waals surface area contributed by atoms with Crippen molar-refractivity contribution in [2.24, 2.45) is 0 Å².